The van der Waals surface area contributed by atoms with E-state index in [0.29, 0.717) is 30.8 Å². The van der Waals surface area contributed by atoms with Crippen molar-refractivity contribution in [3.8, 4) is 0 Å². The Morgan fingerprint density at radius 3 is 3.09 bits per heavy atom. The van der Waals surface area contributed by atoms with Crippen molar-refractivity contribution >= 4 is 5.91 Å². The number of aromatic nitrogens is 3. The highest BCUT2D eigenvalue weighted by Gasteiger charge is 2.43. The normalized spacial score (nSPS) is 29.7. The monoisotopic (exact) mass is 323 g/mol. The molecule has 8 nitrogen and oxygen atoms in total. The smallest absolute Gasteiger partial charge is 0.224 e. The molecule has 23 heavy (non-hydrogen) atoms. The fraction of sp³-hybridized carbons (Fsp3) is 0.800. The number of carbonyl (C=O) groups is 1. The molecule has 3 aliphatic rings. The number of fused-ring (bicyclic) bond motifs is 3. The van der Waals surface area contributed by atoms with Gasteiger partial charge in [0.05, 0.1) is 31.9 Å². The Morgan fingerprint density at radius 2 is 2.43 bits per heavy atom. The van der Waals surface area contributed by atoms with Crippen LogP contribution in [0.5, 0.6) is 0 Å². The molecule has 4 atom stereocenters. The number of ether oxygens (including phenoxy) is 1. The molecular formula is C15H25N5O3. The van der Waals surface area contributed by atoms with Gasteiger partial charge in [0.15, 0.2) is 0 Å². The Balaban J connectivity index is 1.55. The van der Waals surface area contributed by atoms with Gasteiger partial charge < -0.3 is 15.2 Å². The lowest BCUT2D eigenvalue weighted by molar-refractivity contribution is -0.133. The highest BCUT2D eigenvalue weighted by Crippen LogP contribution is 2.36. The summed E-state index contributed by atoms with van der Waals surface area (Å²) in [5.41, 5.74) is 0.594. The number of hydrogen-bond donors (Lipinski definition) is 2. The first kappa shape index (κ1) is 16.4. The predicted octanol–water partition coefficient (Wildman–Crippen LogP) is -0.757. The molecule has 0 aliphatic carbocycles. The van der Waals surface area contributed by atoms with Gasteiger partial charge in [-0.15, -0.1) is 5.10 Å². The van der Waals surface area contributed by atoms with Gasteiger partial charge in [-0.25, -0.2) is 0 Å². The lowest BCUT2D eigenvalue weighted by atomic mass is 9.75. The number of nitrogens with zero attached hydrogens (tertiary/aromatic N) is 4. The SMILES string of the molecule is COCCNC(=O)[C@H]1CN2CCC1C[C@@H]2Cn1cc(CO)nn1. The molecule has 1 aromatic heterocycles. The number of methoxy groups -OCH3 is 1. The van der Waals surface area contributed by atoms with Gasteiger partial charge >= 0.3 is 0 Å². The van der Waals surface area contributed by atoms with Crippen molar-refractivity contribution in [3.05, 3.63) is 11.9 Å². The van der Waals surface area contributed by atoms with E-state index in [1.807, 2.05) is 0 Å². The summed E-state index contributed by atoms with van der Waals surface area (Å²) in [6, 6.07) is 0.394. The summed E-state index contributed by atoms with van der Waals surface area (Å²) in [7, 11) is 1.64. The molecule has 128 valence electrons. The molecule has 2 N–H and O–H groups in total. The maximum absolute atomic E-state index is 12.3. The number of nitrogens with one attached hydrogen (secondary N) is 1. The first-order valence-corrected chi connectivity index (χ1v) is 8.21. The van der Waals surface area contributed by atoms with Gasteiger partial charge in [0, 0.05) is 26.2 Å². The number of piperidine rings is 3. The van der Waals surface area contributed by atoms with E-state index in [1.165, 1.54) is 0 Å². The summed E-state index contributed by atoms with van der Waals surface area (Å²) < 4.78 is 6.77. The van der Waals surface area contributed by atoms with Crippen molar-refractivity contribution in [2.45, 2.75) is 32.0 Å². The number of amides is 1. The summed E-state index contributed by atoms with van der Waals surface area (Å²) >= 11 is 0. The van der Waals surface area contributed by atoms with Crippen LogP contribution >= 0.6 is 0 Å². The van der Waals surface area contributed by atoms with Crippen LogP contribution in [0, 0.1) is 11.8 Å². The van der Waals surface area contributed by atoms with Crippen molar-refractivity contribution in [1.29, 1.82) is 0 Å². The van der Waals surface area contributed by atoms with E-state index >= 15 is 0 Å². The molecule has 0 saturated carbocycles. The minimum absolute atomic E-state index is 0.0826. The van der Waals surface area contributed by atoms with Gasteiger partial charge in [-0.3, -0.25) is 14.4 Å². The highest BCUT2D eigenvalue weighted by molar-refractivity contribution is 5.79. The molecule has 4 rings (SSSR count). The van der Waals surface area contributed by atoms with E-state index in [1.54, 1.807) is 18.0 Å². The molecule has 3 aliphatic heterocycles. The van der Waals surface area contributed by atoms with Gasteiger partial charge in [-0.05, 0) is 25.3 Å². The Kier molecular flexibility index (Phi) is 5.24. The number of aliphatic hydroxyl groups excluding tert-OH is 1. The maximum atomic E-state index is 12.3. The third-order valence-corrected chi connectivity index (χ3v) is 4.97. The fourth-order valence-electron chi connectivity index (χ4n) is 3.75. The van der Waals surface area contributed by atoms with E-state index in [0.717, 1.165) is 32.5 Å². The lowest BCUT2D eigenvalue weighted by Crippen LogP contribution is -2.58. The van der Waals surface area contributed by atoms with Crippen molar-refractivity contribution < 1.29 is 14.6 Å². The van der Waals surface area contributed by atoms with Crippen LogP contribution in [0.25, 0.3) is 0 Å². The molecule has 0 aromatic carbocycles. The van der Waals surface area contributed by atoms with E-state index in [-0.39, 0.29) is 18.4 Å². The topological polar surface area (TPSA) is 92.5 Å². The van der Waals surface area contributed by atoms with Crippen LogP contribution in [-0.4, -0.2) is 70.3 Å². The standard InChI is InChI=1S/C15H25N5O3/c1-23-5-3-16-15(22)14-9-19-4-2-11(14)6-13(19)8-20-7-12(10-21)17-18-20/h7,11,13-14,21H,2-6,8-10H2,1H3,(H,16,22)/t11?,13-,14+/m1/s1. The molecule has 2 bridgehead atoms. The second-order valence-corrected chi connectivity index (χ2v) is 6.41. The number of carbonyl (C=O) groups excluding carboxylic acids is 1. The predicted molar refractivity (Wildman–Crippen MR) is 82.4 cm³/mol. The molecule has 2 unspecified atom stereocenters. The zero-order chi connectivity index (χ0) is 16.2. The van der Waals surface area contributed by atoms with Crippen LogP contribution in [0.15, 0.2) is 6.20 Å². The lowest BCUT2D eigenvalue weighted by Gasteiger charge is -2.49. The average Bonchev–Trinajstić information content (AvgIpc) is 3.03. The first-order valence-electron chi connectivity index (χ1n) is 8.21. The summed E-state index contributed by atoms with van der Waals surface area (Å²) in [6.07, 6.45) is 3.88. The number of hydrogen-bond acceptors (Lipinski definition) is 6. The summed E-state index contributed by atoms with van der Waals surface area (Å²) in [6.45, 7) is 3.66. The third-order valence-electron chi connectivity index (χ3n) is 4.97. The van der Waals surface area contributed by atoms with Gasteiger partial charge in [0.2, 0.25) is 5.91 Å². The van der Waals surface area contributed by atoms with Gasteiger partial charge in [0.1, 0.15) is 5.69 Å². The molecule has 1 aromatic rings. The third kappa shape index (κ3) is 3.70. The van der Waals surface area contributed by atoms with Gasteiger partial charge in [-0.2, -0.15) is 0 Å². The molecular weight excluding hydrogens is 298 g/mol. The van der Waals surface area contributed by atoms with E-state index in [2.05, 4.69) is 20.5 Å². The van der Waals surface area contributed by atoms with Gasteiger partial charge in [0.25, 0.3) is 0 Å². The van der Waals surface area contributed by atoms with Crippen molar-refractivity contribution in [3.63, 3.8) is 0 Å². The number of aliphatic hydroxyl groups is 1. The minimum atomic E-state index is -0.0826. The molecule has 0 spiro atoms. The zero-order valence-corrected chi connectivity index (χ0v) is 13.5. The number of rotatable bonds is 7. The van der Waals surface area contributed by atoms with Crippen LogP contribution in [0.1, 0.15) is 18.5 Å². The Bertz CT molecular complexity index is 535. The molecule has 3 saturated heterocycles. The van der Waals surface area contributed by atoms with Crippen LogP contribution in [0.4, 0.5) is 0 Å². The molecule has 4 heterocycles. The fourth-order valence-corrected chi connectivity index (χ4v) is 3.75. The second-order valence-electron chi connectivity index (χ2n) is 6.41. The Hall–Kier alpha value is -1.51. The molecule has 0 radical (unpaired) electrons. The average molecular weight is 323 g/mol. The van der Waals surface area contributed by atoms with E-state index < -0.39 is 0 Å². The molecule has 1 amide bonds. The Morgan fingerprint density at radius 1 is 1.57 bits per heavy atom. The van der Waals surface area contributed by atoms with Crippen LogP contribution in [0.3, 0.4) is 0 Å². The van der Waals surface area contributed by atoms with E-state index in [9.17, 15) is 4.79 Å². The first-order chi connectivity index (χ1) is 11.2. The van der Waals surface area contributed by atoms with Crippen molar-refractivity contribution in [1.82, 2.24) is 25.2 Å². The summed E-state index contributed by atoms with van der Waals surface area (Å²) in [5, 5.41) is 20.0. The summed E-state index contributed by atoms with van der Waals surface area (Å²) in [4.78, 5) is 14.7. The minimum Gasteiger partial charge on any atom is -0.390 e. The highest BCUT2D eigenvalue weighted by atomic mass is 16.5. The van der Waals surface area contributed by atoms with Crippen LogP contribution < -0.4 is 5.32 Å². The largest absolute Gasteiger partial charge is 0.390 e. The van der Waals surface area contributed by atoms with Gasteiger partial charge in [-0.1, -0.05) is 5.21 Å². The van der Waals surface area contributed by atoms with E-state index in [4.69, 9.17) is 9.84 Å². The summed E-state index contributed by atoms with van der Waals surface area (Å²) in [5.74, 6) is 0.674. The quantitative estimate of drug-likeness (QED) is 0.641. The molecule has 3 fully saturated rings. The Labute approximate surface area is 135 Å². The second kappa shape index (κ2) is 7.37. The van der Waals surface area contributed by atoms with Crippen molar-refractivity contribution in [2.75, 3.05) is 33.4 Å². The van der Waals surface area contributed by atoms with Crippen LogP contribution in [-0.2, 0) is 22.7 Å². The van der Waals surface area contributed by atoms with Crippen molar-refractivity contribution in [2.24, 2.45) is 11.8 Å². The van der Waals surface area contributed by atoms with Crippen LogP contribution in [0.2, 0.25) is 0 Å². The zero-order valence-electron chi connectivity index (χ0n) is 13.5. The molecule has 8 heteroatoms. The maximum Gasteiger partial charge on any atom is 0.224 e.